The number of rotatable bonds is 5. The molecule has 4 rings (SSSR count). The minimum atomic E-state index is 0.840. The summed E-state index contributed by atoms with van der Waals surface area (Å²) in [6.45, 7) is 6.96. The fourth-order valence-electron chi connectivity index (χ4n) is 3.46. The van der Waals surface area contributed by atoms with Gasteiger partial charge in [0.05, 0.1) is 0 Å². The molecule has 0 spiro atoms. The van der Waals surface area contributed by atoms with Crippen molar-refractivity contribution in [2.75, 3.05) is 50.0 Å². The number of likely N-dealkylation sites (N-methyl/N-ethyl adjacent to an activating group) is 1. The minimum absolute atomic E-state index is 0.840. The molecule has 0 amide bonds. The highest BCUT2D eigenvalue weighted by Crippen LogP contribution is 2.19. The number of anilines is 2. The second kappa shape index (κ2) is 7.33. The van der Waals surface area contributed by atoms with E-state index < -0.39 is 0 Å². The maximum absolute atomic E-state index is 4.74. The average molecular weight is 350 g/mol. The quantitative estimate of drug-likeness (QED) is 0.741. The fraction of sp³-hybridized carbons (Fsp3) is 0.400. The molecular formula is C20H26N6. The summed E-state index contributed by atoms with van der Waals surface area (Å²) in [5, 5.41) is 4.77. The molecule has 2 aromatic heterocycles. The molecule has 0 atom stereocenters. The number of aromatic amines is 1. The van der Waals surface area contributed by atoms with Gasteiger partial charge in [-0.15, -0.1) is 0 Å². The molecular weight excluding hydrogens is 324 g/mol. The molecule has 6 nitrogen and oxygen atoms in total. The van der Waals surface area contributed by atoms with Crippen LogP contribution in [0.25, 0.3) is 10.9 Å². The monoisotopic (exact) mass is 350 g/mol. The zero-order valence-electron chi connectivity index (χ0n) is 15.5. The number of nitrogens with one attached hydrogen (secondary N) is 2. The van der Waals surface area contributed by atoms with Gasteiger partial charge in [-0.25, -0.2) is 4.98 Å². The van der Waals surface area contributed by atoms with Crippen LogP contribution in [0.15, 0.2) is 36.5 Å². The van der Waals surface area contributed by atoms with Crippen LogP contribution in [0.2, 0.25) is 0 Å². The van der Waals surface area contributed by atoms with Crippen LogP contribution in [0.1, 0.15) is 11.3 Å². The summed E-state index contributed by atoms with van der Waals surface area (Å²) in [6, 6.07) is 10.5. The number of piperazine rings is 1. The molecule has 0 unspecified atom stereocenters. The minimum Gasteiger partial charge on any atom is -0.370 e. The summed E-state index contributed by atoms with van der Waals surface area (Å²) in [4.78, 5) is 17.3. The van der Waals surface area contributed by atoms with Gasteiger partial charge in [-0.05, 0) is 32.0 Å². The van der Waals surface area contributed by atoms with Crippen LogP contribution in [-0.2, 0) is 6.42 Å². The summed E-state index contributed by atoms with van der Waals surface area (Å²) in [7, 11) is 2.16. The molecule has 1 aliphatic rings. The molecule has 6 heteroatoms. The lowest BCUT2D eigenvalue weighted by molar-refractivity contribution is 0.311. The standard InChI is InChI=1S/C20H26N6/c1-15-13-19(24-20(23-15)26-11-9-25(2)10-12-26)21-8-7-16-14-22-18-6-4-3-5-17(16)18/h3-6,13-14,22H,7-12H2,1-2H3,(H,21,23,24). The maximum atomic E-state index is 4.74. The Labute approximate surface area is 154 Å². The van der Waals surface area contributed by atoms with Crippen molar-refractivity contribution in [1.29, 1.82) is 0 Å². The van der Waals surface area contributed by atoms with E-state index in [0.717, 1.165) is 56.6 Å². The van der Waals surface area contributed by atoms with Crippen LogP contribution in [0.3, 0.4) is 0 Å². The van der Waals surface area contributed by atoms with E-state index in [2.05, 4.69) is 62.6 Å². The Balaban J connectivity index is 1.41. The third-order valence-electron chi connectivity index (χ3n) is 5.00. The number of fused-ring (bicyclic) bond motifs is 1. The summed E-state index contributed by atoms with van der Waals surface area (Å²) < 4.78 is 0. The predicted octanol–water partition coefficient (Wildman–Crippen LogP) is 2.67. The van der Waals surface area contributed by atoms with Gasteiger partial charge in [0.25, 0.3) is 0 Å². The van der Waals surface area contributed by atoms with Crippen LogP contribution in [0.5, 0.6) is 0 Å². The zero-order chi connectivity index (χ0) is 17.9. The van der Waals surface area contributed by atoms with Crippen LogP contribution < -0.4 is 10.2 Å². The SMILES string of the molecule is Cc1cc(NCCc2c[nH]c3ccccc23)nc(N2CCN(C)CC2)n1. The molecule has 0 bridgehead atoms. The highest BCUT2D eigenvalue weighted by atomic mass is 15.3. The first-order valence-corrected chi connectivity index (χ1v) is 9.27. The maximum Gasteiger partial charge on any atom is 0.227 e. The van der Waals surface area contributed by atoms with E-state index in [9.17, 15) is 0 Å². The second-order valence-electron chi connectivity index (χ2n) is 7.02. The van der Waals surface area contributed by atoms with Gasteiger partial charge in [0.2, 0.25) is 5.95 Å². The van der Waals surface area contributed by atoms with Gasteiger partial charge in [0.15, 0.2) is 0 Å². The fourth-order valence-corrected chi connectivity index (χ4v) is 3.46. The summed E-state index contributed by atoms with van der Waals surface area (Å²) in [5.74, 6) is 1.75. The van der Waals surface area contributed by atoms with Crippen LogP contribution >= 0.6 is 0 Å². The van der Waals surface area contributed by atoms with Crippen molar-refractivity contribution in [3.8, 4) is 0 Å². The number of hydrogen-bond donors (Lipinski definition) is 2. The van der Waals surface area contributed by atoms with Crippen molar-refractivity contribution >= 4 is 22.7 Å². The van der Waals surface area contributed by atoms with Crippen molar-refractivity contribution in [3.05, 3.63) is 47.8 Å². The zero-order valence-corrected chi connectivity index (χ0v) is 15.5. The molecule has 3 heterocycles. The van der Waals surface area contributed by atoms with Gasteiger partial charge in [0.1, 0.15) is 5.82 Å². The first-order chi connectivity index (χ1) is 12.7. The molecule has 1 saturated heterocycles. The van der Waals surface area contributed by atoms with E-state index in [-0.39, 0.29) is 0 Å². The first-order valence-electron chi connectivity index (χ1n) is 9.27. The molecule has 0 radical (unpaired) electrons. The lowest BCUT2D eigenvalue weighted by atomic mass is 10.1. The van der Waals surface area contributed by atoms with Crippen LogP contribution in [0.4, 0.5) is 11.8 Å². The Kier molecular flexibility index (Phi) is 4.75. The van der Waals surface area contributed by atoms with Gasteiger partial charge in [-0.3, -0.25) is 0 Å². The van der Waals surface area contributed by atoms with Crippen LogP contribution in [-0.4, -0.2) is 59.6 Å². The van der Waals surface area contributed by atoms with Crippen molar-refractivity contribution < 1.29 is 0 Å². The summed E-state index contributed by atoms with van der Waals surface area (Å²) >= 11 is 0. The third kappa shape index (κ3) is 3.65. The van der Waals surface area contributed by atoms with Crippen molar-refractivity contribution in [2.24, 2.45) is 0 Å². The van der Waals surface area contributed by atoms with Crippen molar-refractivity contribution in [2.45, 2.75) is 13.3 Å². The topological polar surface area (TPSA) is 60.1 Å². The molecule has 0 saturated carbocycles. The molecule has 2 N–H and O–H groups in total. The predicted molar refractivity (Wildman–Crippen MR) is 107 cm³/mol. The molecule has 3 aromatic rings. The summed E-state index contributed by atoms with van der Waals surface area (Å²) in [6.07, 6.45) is 3.06. The Morgan fingerprint density at radius 3 is 2.77 bits per heavy atom. The number of nitrogens with zero attached hydrogens (tertiary/aromatic N) is 4. The Morgan fingerprint density at radius 1 is 1.12 bits per heavy atom. The van der Waals surface area contributed by atoms with E-state index in [1.165, 1.54) is 16.5 Å². The van der Waals surface area contributed by atoms with Gasteiger partial charge in [0, 0.05) is 61.6 Å². The Bertz CT molecular complexity index is 879. The number of aryl methyl sites for hydroxylation is 1. The van der Waals surface area contributed by atoms with E-state index in [1.54, 1.807) is 0 Å². The van der Waals surface area contributed by atoms with Crippen molar-refractivity contribution in [3.63, 3.8) is 0 Å². The Hall–Kier alpha value is -2.60. The van der Waals surface area contributed by atoms with Gasteiger partial charge in [-0.1, -0.05) is 18.2 Å². The first kappa shape index (κ1) is 16.8. The highest BCUT2D eigenvalue weighted by Gasteiger charge is 2.17. The largest absolute Gasteiger partial charge is 0.370 e. The molecule has 1 fully saturated rings. The normalized spacial score (nSPS) is 15.5. The number of hydrogen-bond acceptors (Lipinski definition) is 5. The van der Waals surface area contributed by atoms with Gasteiger partial charge >= 0.3 is 0 Å². The highest BCUT2D eigenvalue weighted by molar-refractivity contribution is 5.83. The van der Waals surface area contributed by atoms with Crippen molar-refractivity contribution in [1.82, 2.24) is 19.9 Å². The van der Waals surface area contributed by atoms with E-state index in [4.69, 9.17) is 4.98 Å². The molecule has 136 valence electrons. The summed E-state index contributed by atoms with van der Waals surface area (Å²) in [5.41, 5.74) is 3.53. The average Bonchev–Trinajstić information content (AvgIpc) is 3.05. The lowest BCUT2D eigenvalue weighted by Gasteiger charge is -2.32. The smallest absolute Gasteiger partial charge is 0.227 e. The van der Waals surface area contributed by atoms with E-state index >= 15 is 0 Å². The van der Waals surface area contributed by atoms with Crippen LogP contribution in [0, 0.1) is 6.92 Å². The van der Waals surface area contributed by atoms with Gasteiger partial charge in [-0.2, -0.15) is 4.98 Å². The lowest BCUT2D eigenvalue weighted by Crippen LogP contribution is -2.45. The number of benzene rings is 1. The number of para-hydroxylation sites is 1. The third-order valence-corrected chi connectivity index (χ3v) is 5.00. The number of H-pyrrole nitrogens is 1. The molecule has 1 aromatic carbocycles. The molecule has 1 aliphatic heterocycles. The Morgan fingerprint density at radius 2 is 1.92 bits per heavy atom. The number of aromatic nitrogens is 3. The van der Waals surface area contributed by atoms with E-state index in [1.807, 2.05) is 13.0 Å². The molecule has 0 aliphatic carbocycles. The second-order valence-corrected chi connectivity index (χ2v) is 7.02. The molecule has 26 heavy (non-hydrogen) atoms. The van der Waals surface area contributed by atoms with E-state index in [0.29, 0.717) is 0 Å². The van der Waals surface area contributed by atoms with Gasteiger partial charge < -0.3 is 20.1 Å².